The van der Waals surface area contributed by atoms with Gasteiger partial charge >= 0.3 is 6.18 Å². The molecule has 0 aromatic carbocycles. The van der Waals surface area contributed by atoms with Crippen molar-refractivity contribution in [1.82, 2.24) is 10.3 Å². The van der Waals surface area contributed by atoms with E-state index in [0.717, 1.165) is 37.9 Å². The number of aromatic nitrogens is 1. The summed E-state index contributed by atoms with van der Waals surface area (Å²) in [5.41, 5.74) is -0.790. The minimum Gasteiger partial charge on any atom is -0.369 e. The summed E-state index contributed by atoms with van der Waals surface area (Å²) in [5.74, 6) is 0.462. The Morgan fingerprint density at radius 1 is 1.29 bits per heavy atom. The maximum absolute atomic E-state index is 12.5. The largest absolute Gasteiger partial charge is 0.417 e. The molecule has 0 radical (unpaired) electrons. The van der Waals surface area contributed by atoms with E-state index in [9.17, 15) is 18.0 Å². The number of halogens is 4. The highest BCUT2D eigenvalue weighted by atomic mass is 35.5. The van der Waals surface area contributed by atoms with Gasteiger partial charge in [0.15, 0.2) is 0 Å². The van der Waals surface area contributed by atoms with E-state index in [1.807, 2.05) is 0 Å². The number of fused-ring (bicyclic) bond motifs is 1. The molecule has 4 nitrogen and oxygen atoms in total. The standard InChI is InChI=1S/C16H19ClF3N3O/c17-12-2-3-13-9(6-12)5-10(15(24)23-13)7-21-14-4-1-11(8-22-14)16(18,19)20/h1,4,8-10,12-13H,2-3,5-7H2,(H,21,22)(H,23,24). The van der Waals surface area contributed by atoms with Gasteiger partial charge in [-0.05, 0) is 43.7 Å². The third-order valence-corrected chi connectivity index (χ3v) is 5.22. The van der Waals surface area contributed by atoms with Crippen LogP contribution in [0.25, 0.3) is 0 Å². The summed E-state index contributed by atoms with van der Waals surface area (Å²) < 4.78 is 37.5. The zero-order valence-corrected chi connectivity index (χ0v) is 13.7. The average molecular weight is 362 g/mol. The molecule has 0 bridgehead atoms. The van der Waals surface area contributed by atoms with Crippen LogP contribution >= 0.6 is 11.6 Å². The molecule has 1 aromatic heterocycles. The average Bonchev–Trinajstić information content (AvgIpc) is 2.53. The van der Waals surface area contributed by atoms with Crippen molar-refractivity contribution < 1.29 is 18.0 Å². The van der Waals surface area contributed by atoms with Crippen LogP contribution < -0.4 is 10.6 Å². The molecule has 24 heavy (non-hydrogen) atoms. The third-order valence-electron chi connectivity index (χ3n) is 4.82. The van der Waals surface area contributed by atoms with Crippen LogP contribution in [0.4, 0.5) is 19.0 Å². The second-order valence-corrected chi connectivity index (χ2v) is 7.15. The van der Waals surface area contributed by atoms with Crippen LogP contribution in [-0.2, 0) is 11.0 Å². The minimum absolute atomic E-state index is 0.0105. The van der Waals surface area contributed by atoms with E-state index < -0.39 is 11.7 Å². The molecule has 3 rings (SSSR count). The first-order valence-electron chi connectivity index (χ1n) is 8.04. The number of hydrogen-bond acceptors (Lipinski definition) is 3. The fraction of sp³-hybridized carbons (Fsp3) is 0.625. The first-order chi connectivity index (χ1) is 11.3. The lowest BCUT2D eigenvalue weighted by atomic mass is 9.75. The second kappa shape index (κ2) is 6.78. The molecule has 1 saturated carbocycles. The molecule has 132 valence electrons. The number of pyridine rings is 1. The Morgan fingerprint density at radius 2 is 2.08 bits per heavy atom. The van der Waals surface area contributed by atoms with Crippen LogP contribution in [0.3, 0.4) is 0 Å². The van der Waals surface area contributed by atoms with Gasteiger partial charge in [0.25, 0.3) is 0 Å². The van der Waals surface area contributed by atoms with E-state index in [-0.39, 0.29) is 23.2 Å². The molecule has 0 spiro atoms. The fourth-order valence-corrected chi connectivity index (χ4v) is 3.86. The number of piperidine rings is 1. The highest BCUT2D eigenvalue weighted by Gasteiger charge is 2.38. The van der Waals surface area contributed by atoms with Gasteiger partial charge in [0.2, 0.25) is 5.91 Å². The molecule has 2 fully saturated rings. The summed E-state index contributed by atoms with van der Waals surface area (Å²) in [4.78, 5) is 15.9. The second-order valence-electron chi connectivity index (χ2n) is 6.53. The summed E-state index contributed by atoms with van der Waals surface area (Å²) in [6.45, 7) is 0.348. The van der Waals surface area contributed by atoms with E-state index in [1.165, 1.54) is 6.07 Å². The molecule has 2 heterocycles. The Balaban J connectivity index is 1.57. The Kier molecular flexibility index (Phi) is 4.90. The maximum Gasteiger partial charge on any atom is 0.417 e. The SMILES string of the molecule is O=C1NC2CCC(Cl)CC2CC1CNc1ccc(C(F)(F)F)cn1. The number of anilines is 1. The number of carbonyl (C=O) groups excluding carboxylic acids is 1. The van der Waals surface area contributed by atoms with Crippen molar-refractivity contribution in [2.75, 3.05) is 11.9 Å². The summed E-state index contributed by atoms with van der Waals surface area (Å²) in [6, 6.07) is 2.46. The number of rotatable bonds is 3. The lowest BCUT2D eigenvalue weighted by molar-refractivity contribution is -0.137. The van der Waals surface area contributed by atoms with Crippen LogP contribution in [0.2, 0.25) is 0 Å². The van der Waals surface area contributed by atoms with Crippen molar-refractivity contribution in [2.24, 2.45) is 11.8 Å². The maximum atomic E-state index is 12.5. The van der Waals surface area contributed by atoms with E-state index >= 15 is 0 Å². The first-order valence-corrected chi connectivity index (χ1v) is 8.48. The lowest BCUT2D eigenvalue weighted by Gasteiger charge is -2.41. The molecule has 1 aliphatic carbocycles. The van der Waals surface area contributed by atoms with E-state index in [2.05, 4.69) is 15.6 Å². The van der Waals surface area contributed by atoms with Crippen molar-refractivity contribution in [3.8, 4) is 0 Å². The molecule has 1 aliphatic heterocycles. The van der Waals surface area contributed by atoms with Gasteiger partial charge in [0.05, 0.1) is 11.5 Å². The van der Waals surface area contributed by atoms with Crippen LogP contribution in [0.5, 0.6) is 0 Å². The number of alkyl halides is 4. The first kappa shape index (κ1) is 17.3. The van der Waals surface area contributed by atoms with E-state index in [4.69, 9.17) is 11.6 Å². The fourth-order valence-electron chi connectivity index (χ4n) is 3.50. The molecular weight excluding hydrogens is 343 g/mol. The Labute approximate surface area is 143 Å². The number of hydrogen-bond donors (Lipinski definition) is 2. The Bertz CT molecular complexity index is 593. The van der Waals surface area contributed by atoms with Crippen molar-refractivity contribution in [3.05, 3.63) is 23.9 Å². The van der Waals surface area contributed by atoms with Crippen molar-refractivity contribution in [2.45, 2.75) is 43.3 Å². The van der Waals surface area contributed by atoms with Gasteiger partial charge in [-0.2, -0.15) is 13.2 Å². The quantitative estimate of drug-likeness (QED) is 0.811. The number of carbonyl (C=O) groups is 1. The summed E-state index contributed by atoms with van der Waals surface area (Å²) in [6.07, 6.45) is -0.150. The van der Waals surface area contributed by atoms with Gasteiger partial charge in [0.1, 0.15) is 5.82 Å². The lowest BCUT2D eigenvalue weighted by Crippen LogP contribution is -2.53. The van der Waals surface area contributed by atoms with Gasteiger partial charge < -0.3 is 10.6 Å². The number of nitrogens with one attached hydrogen (secondary N) is 2. The number of amides is 1. The molecule has 1 saturated heterocycles. The Morgan fingerprint density at radius 3 is 2.75 bits per heavy atom. The predicted octanol–water partition coefficient (Wildman–Crippen LogP) is 3.42. The molecule has 8 heteroatoms. The molecule has 2 N–H and O–H groups in total. The van der Waals surface area contributed by atoms with E-state index in [1.54, 1.807) is 0 Å². The summed E-state index contributed by atoms with van der Waals surface area (Å²) in [7, 11) is 0. The summed E-state index contributed by atoms with van der Waals surface area (Å²) >= 11 is 6.21. The third kappa shape index (κ3) is 3.94. The van der Waals surface area contributed by atoms with E-state index in [0.29, 0.717) is 18.3 Å². The smallest absolute Gasteiger partial charge is 0.369 e. The molecule has 4 unspecified atom stereocenters. The molecule has 4 atom stereocenters. The van der Waals surface area contributed by atoms with Crippen LogP contribution in [-0.4, -0.2) is 28.9 Å². The van der Waals surface area contributed by atoms with Gasteiger partial charge in [0, 0.05) is 24.2 Å². The van der Waals surface area contributed by atoms with Gasteiger partial charge in [-0.15, -0.1) is 11.6 Å². The molecule has 2 aliphatic rings. The van der Waals surface area contributed by atoms with Gasteiger partial charge in [-0.25, -0.2) is 4.98 Å². The molecule has 1 amide bonds. The predicted molar refractivity (Wildman–Crippen MR) is 84.7 cm³/mol. The van der Waals surface area contributed by atoms with Crippen molar-refractivity contribution >= 4 is 23.3 Å². The molecular formula is C16H19ClF3N3O. The summed E-state index contributed by atoms with van der Waals surface area (Å²) in [5, 5.41) is 6.16. The van der Waals surface area contributed by atoms with Crippen molar-refractivity contribution in [1.29, 1.82) is 0 Å². The highest BCUT2D eigenvalue weighted by Crippen LogP contribution is 2.35. The van der Waals surface area contributed by atoms with Crippen LogP contribution in [0, 0.1) is 11.8 Å². The number of nitrogens with zero attached hydrogens (tertiary/aromatic N) is 1. The topological polar surface area (TPSA) is 54.0 Å². The molecule has 1 aromatic rings. The van der Waals surface area contributed by atoms with Crippen LogP contribution in [0.1, 0.15) is 31.2 Å². The van der Waals surface area contributed by atoms with Gasteiger partial charge in [-0.1, -0.05) is 0 Å². The normalized spacial score (nSPS) is 30.4. The Hall–Kier alpha value is -1.50. The minimum atomic E-state index is -4.40. The zero-order valence-electron chi connectivity index (χ0n) is 12.9. The monoisotopic (exact) mass is 361 g/mol. The van der Waals surface area contributed by atoms with Gasteiger partial charge in [-0.3, -0.25) is 4.79 Å². The van der Waals surface area contributed by atoms with Crippen molar-refractivity contribution in [3.63, 3.8) is 0 Å². The zero-order chi connectivity index (χ0) is 17.3. The highest BCUT2D eigenvalue weighted by molar-refractivity contribution is 6.20. The van der Waals surface area contributed by atoms with Crippen LogP contribution in [0.15, 0.2) is 18.3 Å².